The summed E-state index contributed by atoms with van der Waals surface area (Å²) in [6.45, 7) is 1.31. The summed E-state index contributed by atoms with van der Waals surface area (Å²) >= 11 is 1.11. The molecule has 3 rings (SSSR count). The Balaban J connectivity index is 1.41. The average molecular weight is 415 g/mol. The van der Waals surface area contributed by atoms with Gasteiger partial charge in [0.05, 0.1) is 5.75 Å². The van der Waals surface area contributed by atoms with Gasteiger partial charge in [0.15, 0.2) is 12.4 Å². The number of rotatable bonds is 8. The van der Waals surface area contributed by atoms with Crippen LogP contribution in [-0.4, -0.2) is 35.3 Å². The quantitative estimate of drug-likeness (QED) is 0.524. The molecule has 152 valence electrons. The molecule has 1 aliphatic rings. The highest BCUT2D eigenvalue weighted by Gasteiger charge is 2.19. The van der Waals surface area contributed by atoms with Gasteiger partial charge in [-0.2, -0.15) is 0 Å². The first-order valence-electron chi connectivity index (χ1n) is 9.41. The first-order chi connectivity index (χ1) is 13.9. The van der Waals surface area contributed by atoms with Crippen molar-refractivity contribution in [1.82, 2.24) is 0 Å². The van der Waals surface area contributed by atoms with Crippen molar-refractivity contribution >= 4 is 35.1 Å². The number of aryl methyl sites for hydroxylation is 2. The number of ether oxygens (including phenoxy) is 1. The van der Waals surface area contributed by atoms with Crippen LogP contribution in [0, 0.1) is 5.82 Å². The third-order valence-electron chi connectivity index (χ3n) is 4.69. The number of nitrogens with one attached hydrogen (secondary N) is 1. The van der Waals surface area contributed by atoms with Crippen LogP contribution in [0.15, 0.2) is 42.5 Å². The van der Waals surface area contributed by atoms with E-state index in [1.807, 2.05) is 12.1 Å². The van der Waals surface area contributed by atoms with Gasteiger partial charge in [0, 0.05) is 11.3 Å². The molecule has 0 saturated carbocycles. The maximum absolute atomic E-state index is 12.9. The fourth-order valence-electron chi connectivity index (χ4n) is 3.08. The molecule has 29 heavy (non-hydrogen) atoms. The van der Waals surface area contributed by atoms with E-state index in [9.17, 15) is 18.8 Å². The van der Waals surface area contributed by atoms with Crippen LogP contribution in [0.1, 0.15) is 34.8 Å². The van der Waals surface area contributed by atoms with Gasteiger partial charge in [-0.25, -0.2) is 4.39 Å². The van der Waals surface area contributed by atoms with Crippen LogP contribution < -0.4 is 5.32 Å². The van der Waals surface area contributed by atoms with Crippen molar-refractivity contribution in [1.29, 1.82) is 0 Å². The highest BCUT2D eigenvalue weighted by molar-refractivity contribution is 8.01. The molecule has 0 unspecified atom stereocenters. The molecule has 2 aromatic carbocycles. The summed E-state index contributed by atoms with van der Waals surface area (Å²) in [5.41, 5.74) is 3.50. The van der Waals surface area contributed by atoms with Crippen LogP contribution in [-0.2, 0) is 27.2 Å². The second-order valence-electron chi connectivity index (χ2n) is 6.88. The number of carbonyl (C=O) groups excluding carboxylic acids is 3. The lowest BCUT2D eigenvalue weighted by Crippen LogP contribution is -2.23. The van der Waals surface area contributed by atoms with Crippen molar-refractivity contribution in [3.8, 4) is 0 Å². The van der Waals surface area contributed by atoms with Gasteiger partial charge >= 0.3 is 5.97 Å². The number of ketones is 1. The molecule has 2 aromatic rings. The number of anilines is 1. The Morgan fingerprint density at radius 1 is 1.10 bits per heavy atom. The van der Waals surface area contributed by atoms with Crippen molar-refractivity contribution in [3.63, 3.8) is 0 Å². The third-order valence-corrected chi connectivity index (χ3v) is 5.81. The van der Waals surface area contributed by atoms with Gasteiger partial charge in [0.25, 0.3) is 0 Å². The highest BCUT2D eigenvalue weighted by Crippen LogP contribution is 2.23. The minimum atomic E-state index is -0.596. The molecule has 7 heteroatoms. The summed E-state index contributed by atoms with van der Waals surface area (Å²) in [4.78, 5) is 36.3. The van der Waals surface area contributed by atoms with Gasteiger partial charge in [0.2, 0.25) is 5.91 Å². The number of Topliss-reactive ketones (excluding diaryl/α,β-unsaturated/α-hetero) is 1. The van der Waals surface area contributed by atoms with Crippen LogP contribution >= 0.6 is 11.8 Å². The molecule has 0 spiro atoms. The number of thioether (sulfide) groups is 1. The average Bonchev–Trinajstić information content (AvgIpc) is 3.19. The summed E-state index contributed by atoms with van der Waals surface area (Å²) in [6.07, 6.45) is 3.12. The summed E-state index contributed by atoms with van der Waals surface area (Å²) in [6, 6.07) is 11.0. The van der Waals surface area contributed by atoms with E-state index in [0.29, 0.717) is 11.3 Å². The van der Waals surface area contributed by atoms with Crippen molar-refractivity contribution < 1.29 is 23.5 Å². The van der Waals surface area contributed by atoms with Crippen molar-refractivity contribution in [2.75, 3.05) is 17.7 Å². The Morgan fingerprint density at radius 2 is 1.83 bits per heavy atom. The smallest absolute Gasteiger partial charge is 0.319 e. The summed E-state index contributed by atoms with van der Waals surface area (Å²) < 4.78 is 18.0. The zero-order chi connectivity index (χ0) is 20.8. The molecule has 0 fully saturated rings. The van der Waals surface area contributed by atoms with Crippen molar-refractivity contribution in [2.45, 2.75) is 31.4 Å². The molecule has 0 aromatic heterocycles. The topological polar surface area (TPSA) is 72.5 Å². The molecule has 1 N–H and O–H groups in total. The number of fused-ring (bicyclic) bond motifs is 1. The molecule has 1 amide bonds. The van der Waals surface area contributed by atoms with Crippen LogP contribution in [0.4, 0.5) is 10.1 Å². The van der Waals surface area contributed by atoms with E-state index in [1.54, 1.807) is 13.0 Å². The molecule has 0 bridgehead atoms. The number of hydrogen-bond donors (Lipinski definition) is 1. The minimum absolute atomic E-state index is 0.0341. The zero-order valence-electron chi connectivity index (χ0n) is 16.1. The van der Waals surface area contributed by atoms with Gasteiger partial charge in [-0.1, -0.05) is 12.1 Å². The molecule has 1 atom stereocenters. The standard InChI is InChI=1S/C22H22FNO4S/c1-14(29-13-21(26)24-19-9-7-18(23)8-10-19)22(27)28-12-20(25)17-6-5-15-3-2-4-16(15)11-17/h5-11,14H,2-4,12-13H2,1H3,(H,24,26)/t14-/m1/s1. The Morgan fingerprint density at radius 3 is 2.59 bits per heavy atom. The number of carbonyl (C=O) groups is 3. The van der Waals surface area contributed by atoms with Gasteiger partial charge in [-0.05, 0) is 67.6 Å². The summed E-state index contributed by atoms with van der Waals surface area (Å²) in [7, 11) is 0. The van der Waals surface area contributed by atoms with Gasteiger partial charge < -0.3 is 10.1 Å². The van der Waals surface area contributed by atoms with Crippen LogP contribution in [0.5, 0.6) is 0 Å². The van der Waals surface area contributed by atoms with E-state index in [2.05, 4.69) is 5.32 Å². The molecule has 0 aliphatic heterocycles. The molecule has 0 saturated heterocycles. The predicted molar refractivity (Wildman–Crippen MR) is 111 cm³/mol. The maximum Gasteiger partial charge on any atom is 0.319 e. The fraction of sp³-hybridized carbons (Fsp3) is 0.318. The van der Waals surface area contributed by atoms with Gasteiger partial charge in [-0.15, -0.1) is 11.8 Å². The predicted octanol–water partition coefficient (Wildman–Crippen LogP) is 3.80. The molecule has 0 radical (unpaired) electrons. The normalized spacial score (nSPS) is 13.4. The largest absolute Gasteiger partial charge is 0.456 e. The number of amides is 1. The van der Waals surface area contributed by atoms with Crippen LogP contribution in [0.2, 0.25) is 0 Å². The maximum atomic E-state index is 12.9. The van der Waals surface area contributed by atoms with Crippen molar-refractivity contribution in [3.05, 3.63) is 65.0 Å². The van der Waals surface area contributed by atoms with Crippen LogP contribution in [0.3, 0.4) is 0 Å². The zero-order valence-corrected chi connectivity index (χ0v) is 16.9. The molecule has 5 nitrogen and oxygen atoms in total. The number of hydrogen-bond acceptors (Lipinski definition) is 5. The second-order valence-corrected chi connectivity index (χ2v) is 8.21. The lowest BCUT2D eigenvalue weighted by molar-refractivity contribution is -0.141. The second kappa shape index (κ2) is 9.69. The molecule has 0 heterocycles. The minimum Gasteiger partial charge on any atom is -0.456 e. The Hall–Kier alpha value is -2.67. The Labute approximate surface area is 173 Å². The lowest BCUT2D eigenvalue weighted by Gasteiger charge is -2.11. The van der Waals surface area contributed by atoms with E-state index in [4.69, 9.17) is 4.74 Å². The van der Waals surface area contributed by atoms with Gasteiger partial charge in [0.1, 0.15) is 11.1 Å². The lowest BCUT2D eigenvalue weighted by atomic mass is 10.0. The van der Waals surface area contributed by atoms with E-state index in [1.165, 1.54) is 35.4 Å². The van der Waals surface area contributed by atoms with E-state index in [0.717, 1.165) is 31.0 Å². The summed E-state index contributed by atoms with van der Waals surface area (Å²) in [5, 5.41) is 2.03. The van der Waals surface area contributed by atoms with E-state index >= 15 is 0 Å². The summed E-state index contributed by atoms with van der Waals surface area (Å²) in [5.74, 6) is -1.44. The first-order valence-corrected chi connectivity index (χ1v) is 10.5. The van der Waals surface area contributed by atoms with Crippen molar-refractivity contribution in [2.24, 2.45) is 0 Å². The third kappa shape index (κ3) is 5.90. The van der Waals surface area contributed by atoms with Crippen LogP contribution in [0.25, 0.3) is 0 Å². The highest BCUT2D eigenvalue weighted by atomic mass is 32.2. The molecular weight excluding hydrogens is 393 g/mol. The number of benzene rings is 2. The number of halogens is 1. The first kappa shape index (κ1) is 21.0. The fourth-order valence-corrected chi connectivity index (χ4v) is 3.76. The Kier molecular flexibility index (Phi) is 7.04. The van der Waals surface area contributed by atoms with Gasteiger partial charge in [-0.3, -0.25) is 14.4 Å². The van der Waals surface area contributed by atoms with E-state index < -0.39 is 11.2 Å². The molecule has 1 aliphatic carbocycles. The Bertz CT molecular complexity index is 914. The molecular formula is C22H22FNO4S. The monoisotopic (exact) mass is 415 g/mol. The van der Waals surface area contributed by atoms with E-state index in [-0.39, 0.29) is 29.9 Å². The SMILES string of the molecule is C[C@@H](SCC(=O)Nc1ccc(F)cc1)C(=O)OCC(=O)c1ccc2c(c1)CCC2. The number of esters is 1.